The molecule has 1 amide bonds. The standard InChI is InChI=1S/C21H16ClN3O5S2/c1-2-29-21(28)17-14(13(9-23)18(24)32-17)10-30-20(27)12-6-5-11(22)8-15(12)25-19(26)16-4-3-7-31-16/h3-8H,2,10,24H2,1H3,(H,25,26). The van der Waals surface area contributed by atoms with Crippen LogP contribution in [0.5, 0.6) is 0 Å². The molecule has 0 saturated carbocycles. The van der Waals surface area contributed by atoms with Gasteiger partial charge in [0.15, 0.2) is 0 Å². The van der Waals surface area contributed by atoms with Gasteiger partial charge in [0.1, 0.15) is 22.6 Å². The molecule has 0 spiro atoms. The second-order valence-electron chi connectivity index (χ2n) is 6.18. The van der Waals surface area contributed by atoms with Crippen molar-refractivity contribution < 1.29 is 23.9 Å². The van der Waals surface area contributed by atoms with Gasteiger partial charge in [-0.05, 0) is 36.6 Å². The number of ether oxygens (including phenoxy) is 2. The number of nitrogens with zero attached hydrogens (tertiary/aromatic N) is 1. The zero-order valence-electron chi connectivity index (χ0n) is 16.6. The van der Waals surface area contributed by atoms with Gasteiger partial charge >= 0.3 is 11.9 Å². The number of carbonyl (C=O) groups is 3. The molecule has 0 saturated heterocycles. The van der Waals surface area contributed by atoms with Gasteiger partial charge in [-0.3, -0.25) is 4.79 Å². The first-order chi connectivity index (χ1) is 15.3. The minimum atomic E-state index is -0.786. The minimum absolute atomic E-state index is 0.0492. The number of hydrogen-bond donors (Lipinski definition) is 2. The molecule has 0 aliphatic rings. The molecule has 2 heterocycles. The van der Waals surface area contributed by atoms with Crippen LogP contribution in [0.25, 0.3) is 0 Å². The normalized spacial score (nSPS) is 10.3. The number of halogens is 1. The molecule has 3 aromatic rings. The number of carbonyl (C=O) groups excluding carboxylic acids is 3. The zero-order valence-corrected chi connectivity index (χ0v) is 19.0. The van der Waals surface area contributed by atoms with E-state index in [1.165, 1.54) is 29.5 Å². The van der Waals surface area contributed by atoms with E-state index in [1.807, 2.05) is 6.07 Å². The Balaban J connectivity index is 1.84. The van der Waals surface area contributed by atoms with Crippen molar-refractivity contribution in [1.29, 1.82) is 5.26 Å². The molecule has 8 nitrogen and oxygen atoms in total. The quantitative estimate of drug-likeness (QED) is 0.459. The molecule has 11 heteroatoms. The van der Waals surface area contributed by atoms with Crippen LogP contribution < -0.4 is 11.1 Å². The van der Waals surface area contributed by atoms with Crippen LogP contribution in [-0.2, 0) is 16.1 Å². The molecule has 0 unspecified atom stereocenters. The van der Waals surface area contributed by atoms with E-state index in [2.05, 4.69) is 5.32 Å². The number of esters is 2. The lowest BCUT2D eigenvalue weighted by molar-refractivity contribution is 0.0453. The molecule has 3 N–H and O–H groups in total. The summed E-state index contributed by atoms with van der Waals surface area (Å²) in [7, 11) is 0. The van der Waals surface area contributed by atoms with Gasteiger partial charge in [-0.2, -0.15) is 5.26 Å². The lowest BCUT2D eigenvalue weighted by Gasteiger charge is -2.12. The number of hydrogen-bond acceptors (Lipinski definition) is 9. The third-order valence-electron chi connectivity index (χ3n) is 4.15. The van der Waals surface area contributed by atoms with E-state index >= 15 is 0 Å². The van der Waals surface area contributed by atoms with E-state index in [9.17, 15) is 19.6 Å². The van der Waals surface area contributed by atoms with Crippen LogP contribution in [0.4, 0.5) is 10.7 Å². The van der Waals surface area contributed by atoms with Crippen molar-refractivity contribution in [3.05, 3.63) is 67.2 Å². The monoisotopic (exact) mass is 489 g/mol. The van der Waals surface area contributed by atoms with Crippen LogP contribution in [0, 0.1) is 11.3 Å². The fourth-order valence-electron chi connectivity index (χ4n) is 2.71. The predicted octanol–water partition coefficient (Wildman–Crippen LogP) is 4.70. The molecular weight excluding hydrogens is 474 g/mol. The fourth-order valence-corrected chi connectivity index (χ4v) is 4.42. The molecule has 0 radical (unpaired) electrons. The number of nitriles is 1. The largest absolute Gasteiger partial charge is 0.462 e. The smallest absolute Gasteiger partial charge is 0.348 e. The van der Waals surface area contributed by atoms with Crippen molar-refractivity contribution in [2.45, 2.75) is 13.5 Å². The summed E-state index contributed by atoms with van der Waals surface area (Å²) in [4.78, 5) is 38.0. The second-order valence-corrected chi connectivity index (χ2v) is 8.62. The molecule has 0 aliphatic carbocycles. The molecule has 2 aromatic heterocycles. The Kier molecular flexibility index (Phi) is 7.48. The zero-order chi connectivity index (χ0) is 23.3. The van der Waals surface area contributed by atoms with Gasteiger partial charge in [0.25, 0.3) is 5.91 Å². The van der Waals surface area contributed by atoms with Crippen molar-refractivity contribution in [2.75, 3.05) is 17.7 Å². The Morgan fingerprint density at radius 2 is 2.00 bits per heavy atom. The Bertz CT molecular complexity index is 1210. The Labute approximate surface area is 196 Å². The van der Waals surface area contributed by atoms with Gasteiger partial charge in [0.2, 0.25) is 0 Å². The fraction of sp³-hybridized carbons (Fsp3) is 0.143. The second kappa shape index (κ2) is 10.3. The van der Waals surface area contributed by atoms with Gasteiger partial charge in [0.05, 0.1) is 28.3 Å². The number of nitrogens with two attached hydrogens (primary N) is 1. The van der Waals surface area contributed by atoms with E-state index in [-0.39, 0.29) is 45.5 Å². The highest BCUT2D eigenvalue weighted by Gasteiger charge is 2.25. The Morgan fingerprint density at radius 3 is 2.66 bits per heavy atom. The summed E-state index contributed by atoms with van der Waals surface area (Å²) in [6.45, 7) is 1.40. The first kappa shape index (κ1) is 23.3. The number of thiophene rings is 2. The number of nitrogen functional groups attached to an aromatic ring is 1. The summed E-state index contributed by atoms with van der Waals surface area (Å²) in [5.74, 6) is -1.85. The van der Waals surface area contributed by atoms with Crippen LogP contribution in [-0.4, -0.2) is 24.5 Å². The third-order valence-corrected chi connectivity index (χ3v) is 6.29. The first-order valence-electron chi connectivity index (χ1n) is 9.15. The lowest BCUT2D eigenvalue weighted by atomic mass is 10.1. The van der Waals surface area contributed by atoms with Crippen LogP contribution >= 0.6 is 34.3 Å². The maximum Gasteiger partial charge on any atom is 0.348 e. The van der Waals surface area contributed by atoms with Crippen molar-refractivity contribution in [3.63, 3.8) is 0 Å². The van der Waals surface area contributed by atoms with Gasteiger partial charge in [0, 0.05) is 10.6 Å². The highest BCUT2D eigenvalue weighted by atomic mass is 35.5. The summed E-state index contributed by atoms with van der Waals surface area (Å²) in [6, 6.07) is 9.61. The predicted molar refractivity (Wildman–Crippen MR) is 122 cm³/mol. The molecule has 3 rings (SSSR count). The molecule has 0 atom stereocenters. The molecule has 0 aliphatic heterocycles. The molecule has 164 valence electrons. The minimum Gasteiger partial charge on any atom is -0.462 e. The summed E-state index contributed by atoms with van der Waals surface area (Å²) in [5.41, 5.74) is 6.27. The van der Waals surface area contributed by atoms with Crippen molar-refractivity contribution in [2.24, 2.45) is 0 Å². The average Bonchev–Trinajstić information content (AvgIpc) is 3.40. The van der Waals surface area contributed by atoms with Crippen LogP contribution in [0.2, 0.25) is 5.02 Å². The maximum absolute atomic E-state index is 12.8. The van der Waals surface area contributed by atoms with E-state index in [0.717, 1.165) is 11.3 Å². The van der Waals surface area contributed by atoms with Crippen LogP contribution in [0.3, 0.4) is 0 Å². The Hall–Kier alpha value is -3.39. The van der Waals surface area contributed by atoms with Gasteiger partial charge < -0.3 is 20.5 Å². The summed E-state index contributed by atoms with van der Waals surface area (Å²) < 4.78 is 10.3. The highest BCUT2D eigenvalue weighted by Crippen LogP contribution is 2.32. The number of rotatable bonds is 7. The van der Waals surface area contributed by atoms with E-state index in [4.69, 9.17) is 26.8 Å². The first-order valence-corrected chi connectivity index (χ1v) is 11.2. The molecule has 0 fully saturated rings. The SMILES string of the molecule is CCOC(=O)c1sc(N)c(C#N)c1COC(=O)c1ccc(Cl)cc1NC(=O)c1cccs1. The number of anilines is 2. The number of benzene rings is 1. The van der Waals surface area contributed by atoms with E-state index < -0.39 is 17.8 Å². The Morgan fingerprint density at radius 1 is 1.22 bits per heavy atom. The topological polar surface area (TPSA) is 132 Å². The molecule has 32 heavy (non-hydrogen) atoms. The average molecular weight is 490 g/mol. The van der Waals surface area contributed by atoms with Crippen molar-refractivity contribution in [3.8, 4) is 6.07 Å². The van der Waals surface area contributed by atoms with Crippen LogP contribution in [0.1, 0.15) is 47.8 Å². The van der Waals surface area contributed by atoms with Crippen LogP contribution in [0.15, 0.2) is 35.7 Å². The molecular formula is C21H16ClN3O5S2. The molecule has 1 aromatic carbocycles. The highest BCUT2D eigenvalue weighted by molar-refractivity contribution is 7.18. The van der Waals surface area contributed by atoms with Gasteiger partial charge in [-0.1, -0.05) is 17.7 Å². The van der Waals surface area contributed by atoms with E-state index in [1.54, 1.807) is 24.4 Å². The summed E-state index contributed by atoms with van der Waals surface area (Å²) >= 11 is 8.16. The lowest BCUT2D eigenvalue weighted by Crippen LogP contribution is -2.15. The van der Waals surface area contributed by atoms with Gasteiger partial charge in [-0.15, -0.1) is 22.7 Å². The number of amides is 1. The third kappa shape index (κ3) is 5.08. The summed E-state index contributed by atoms with van der Waals surface area (Å²) in [5, 5.41) is 14.2. The van der Waals surface area contributed by atoms with Gasteiger partial charge in [-0.25, -0.2) is 9.59 Å². The summed E-state index contributed by atoms with van der Waals surface area (Å²) in [6.07, 6.45) is 0. The maximum atomic E-state index is 12.8. The number of nitrogens with one attached hydrogen (secondary N) is 1. The van der Waals surface area contributed by atoms with Crippen molar-refractivity contribution >= 4 is 62.8 Å². The van der Waals surface area contributed by atoms with Crippen molar-refractivity contribution in [1.82, 2.24) is 0 Å². The van der Waals surface area contributed by atoms with E-state index in [0.29, 0.717) is 9.90 Å². The molecule has 0 bridgehead atoms.